The Balaban J connectivity index is 0.000000191. The van der Waals surface area contributed by atoms with Gasteiger partial charge in [0.2, 0.25) is 0 Å². The summed E-state index contributed by atoms with van der Waals surface area (Å²) in [6.45, 7) is 3.25. The van der Waals surface area contributed by atoms with Crippen molar-refractivity contribution in [3.8, 4) is 0 Å². The lowest BCUT2D eigenvalue weighted by Crippen LogP contribution is -2.32. The van der Waals surface area contributed by atoms with E-state index >= 15 is 0 Å². The fourth-order valence-corrected chi connectivity index (χ4v) is 4.30. The molecule has 0 aromatic heterocycles. The Morgan fingerprint density at radius 1 is 0.647 bits per heavy atom. The summed E-state index contributed by atoms with van der Waals surface area (Å²) in [5, 5.41) is 30.8. The van der Waals surface area contributed by atoms with Crippen molar-refractivity contribution in [3.63, 3.8) is 0 Å². The molecule has 2 aromatic rings. The second kappa shape index (κ2) is 12.5. The first-order valence-electron chi connectivity index (χ1n) is 11.2. The van der Waals surface area contributed by atoms with Crippen molar-refractivity contribution in [2.24, 2.45) is 22.1 Å². The molecule has 0 aliphatic carbocycles. The van der Waals surface area contributed by atoms with E-state index in [0.717, 1.165) is 64.0 Å². The summed E-state index contributed by atoms with van der Waals surface area (Å²) in [4.78, 5) is 0. The molecule has 2 heterocycles. The second-order valence-electron chi connectivity index (χ2n) is 8.27. The van der Waals surface area contributed by atoms with Gasteiger partial charge in [0.25, 0.3) is 0 Å². The van der Waals surface area contributed by atoms with Gasteiger partial charge in [0.15, 0.2) is 0 Å². The summed E-state index contributed by atoms with van der Waals surface area (Å²) in [5.74, 6) is -2.60. The Bertz CT molecular complexity index is 939. The largest absolute Gasteiger partial charge is 0.411 e. The van der Waals surface area contributed by atoms with Crippen molar-refractivity contribution < 1.29 is 28.0 Å². The third-order valence-electron chi connectivity index (χ3n) is 6.08. The molecule has 4 N–H and O–H groups in total. The Labute approximate surface area is 195 Å². The third-order valence-corrected chi connectivity index (χ3v) is 6.08. The molecule has 4 rings (SSSR count). The van der Waals surface area contributed by atoms with E-state index in [1.807, 2.05) is 0 Å². The maximum atomic E-state index is 13.6. The smallest absolute Gasteiger partial charge is 0.135 e. The van der Waals surface area contributed by atoms with E-state index in [4.69, 9.17) is 10.4 Å². The highest BCUT2D eigenvalue weighted by Gasteiger charge is 2.24. The van der Waals surface area contributed by atoms with Gasteiger partial charge in [0.05, 0.1) is 11.4 Å². The Morgan fingerprint density at radius 3 is 1.29 bits per heavy atom. The fraction of sp³-hybridized carbons (Fsp3) is 0.417. The molecule has 0 unspecified atom stereocenters. The van der Waals surface area contributed by atoms with Crippen LogP contribution in [0.25, 0.3) is 0 Å². The molecule has 0 atom stereocenters. The second-order valence-corrected chi connectivity index (χ2v) is 8.27. The molecular formula is C24H28F4N4O2. The molecule has 34 heavy (non-hydrogen) atoms. The van der Waals surface area contributed by atoms with Crippen LogP contribution in [0.2, 0.25) is 0 Å². The van der Waals surface area contributed by atoms with Gasteiger partial charge in [0, 0.05) is 35.1 Å². The van der Waals surface area contributed by atoms with Crippen LogP contribution in [0.1, 0.15) is 36.8 Å². The monoisotopic (exact) mass is 480 g/mol. The minimum Gasteiger partial charge on any atom is -0.411 e. The molecule has 2 fully saturated rings. The van der Waals surface area contributed by atoms with Crippen molar-refractivity contribution in [3.05, 3.63) is 70.8 Å². The molecule has 0 spiro atoms. The predicted octanol–water partition coefficient (Wildman–Crippen LogP) is 4.29. The van der Waals surface area contributed by atoms with Crippen LogP contribution < -0.4 is 10.6 Å². The lowest BCUT2D eigenvalue weighted by molar-refractivity contribution is 0.311. The zero-order valence-electron chi connectivity index (χ0n) is 18.6. The summed E-state index contributed by atoms with van der Waals surface area (Å²) >= 11 is 0. The van der Waals surface area contributed by atoms with Crippen LogP contribution in [0, 0.1) is 35.1 Å². The maximum absolute atomic E-state index is 13.6. The maximum Gasteiger partial charge on any atom is 0.135 e. The van der Waals surface area contributed by atoms with Gasteiger partial charge in [-0.2, -0.15) is 0 Å². The predicted molar refractivity (Wildman–Crippen MR) is 121 cm³/mol. The van der Waals surface area contributed by atoms with Gasteiger partial charge >= 0.3 is 0 Å². The highest BCUT2D eigenvalue weighted by Crippen LogP contribution is 2.23. The molecule has 0 saturated carbocycles. The minimum absolute atomic E-state index is 0.0150. The number of hydrogen-bond acceptors (Lipinski definition) is 6. The van der Waals surface area contributed by atoms with Crippen molar-refractivity contribution in [1.29, 1.82) is 0 Å². The minimum atomic E-state index is -0.684. The van der Waals surface area contributed by atoms with E-state index in [2.05, 4.69) is 20.9 Å². The van der Waals surface area contributed by atoms with Crippen LogP contribution in [0.3, 0.4) is 0 Å². The van der Waals surface area contributed by atoms with Crippen LogP contribution in [0.5, 0.6) is 0 Å². The fourth-order valence-electron chi connectivity index (χ4n) is 4.30. The first-order valence-corrected chi connectivity index (χ1v) is 11.2. The van der Waals surface area contributed by atoms with Crippen LogP contribution in [-0.4, -0.2) is 48.0 Å². The molecule has 2 saturated heterocycles. The van der Waals surface area contributed by atoms with Crippen LogP contribution in [0.4, 0.5) is 17.6 Å². The van der Waals surface area contributed by atoms with E-state index in [9.17, 15) is 17.6 Å². The lowest BCUT2D eigenvalue weighted by Gasteiger charge is -2.23. The van der Waals surface area contributed by atoms with E-state index in [1.165, 1.54) is 24.3 Å². The van der Waals surface area contributed by atoms with Crippen LogP contribution in [-0.2, 0) is 0 Å². The standard InChI is InChI=1S/2C12H14F2N2O/c2*13-9-1-2-10(11(14)7-9)12(16-17)8-3-5-15-6-4-8/h2*1-2,7-8,15,17H,3-6H2/b16-12+;16-12-. The number of benzene rings is 2. The van der Waals surface area contributed by atoms with Crippen molar-refractivity contribution >= 4 is 11.4 Å². The normalized spacial score (nSPS) is 18.4. The molecule has 0 radical (unpaired) electrons. The summed E-state index contributed by atoms with van der Waals surface area (Å²) in [6.07, 6.45) is 3.15. The molecule has 2 aliphatic heterocycles. The van der Waals surface area contributed by atoms with Gasteiger partial charge in [-0.15, -0.1) is 0 Å². The van der Waals surface area contributed by atoms with Gasteiger partial charge in [-0.05, 0) is 76.1 Å². The SMILES string of the molecule is O/N=C(/c1ccc(F)cc1F)C1CCNCC1.O/N=C(\c1ccc(F)cc1F)C1CCNCC1. The van der Waals surface area contributed by atoms with Crippen molar-refractivity contribution in [1.82, 2.24) is 10.6 Å². The molecule has 6 nitrogen and oxygen atoms in total. The average molecular weight is 481 g/mol. The number of nitrogens with zero attached hydrogens (tertiary/aromatic N) is 2. The van der Waals surface area contributed by atoms with Crippen molar-refractivity contribution in [2.45, 2.75) is 25.7 Å². The number of rotatable bonds is 4. The molecule has 2 aromatic carbocycles. The zero-order chi connectivity index (χ0) is 24.5. The Hall–Kier alpha value is -2.98. The Kier molecular flexibility index (Phi) is 9.41. The van der Waals surface area contributed by atoms with Gasteiger partial charge in [-0.3, -0.25) is 0 Å². The molecular weight excluding hydrogens is 452 g/mol. The lowest BCUT2D eigenvalue weighted by atomic mass is 9.88. The first-order chi connectivity index (χ1) is 16.4. The number of oxime groups is 2. The van der Waals surface area contributed by atoms with Gasteiger partial charge in [-0.1, -0.05) is 10.3 Å². The van der Waals surface area contributed by atoms with Gasteiger partial charge in [-0.25, -0.2) is 17.6 Å². The molecule has 10 heteroatoms. The topological polar surface area (TPSA) is 89.2 Å². The zero-order valence-corrected chi connectivity index (χ0v) is 18.6. The number of nitrogens with one attached hydrogen (secondary N) is 2. The molecule has 2 aliphatic rings. The van der Waals surface area contributed by atoms with E-state index in [-0.39, 0.29) is 23.0 Å². The van der Waals surface area contributed by atoms with Gasteiger partial charge in [0.1, 0.15) is 23.3 Å². The quantitative estimate of drug-likeness (QED) is 0.228. The third kappa shape index (κ3) is 6.54. The summed E-state index contributed by atoms with van der Waals surface area (Å²) in [7, 11) is 0. The number of halogens is 4. The summed E-state index contributed by atoms with van der Waals surface area (Å²) in [6, 6.07) is 6.60. The van der Waals surface area contributed by atoms with Crippen molar-refractivity contribution in [2.75, 3.05) is 26.2 Å². The summed E-state index contributed by atoms with van der Waals surface area (Å²) in [5.41, 5.74) is 0.981. The number of hydrogen-bond donors (Lipinski definition) is 4. The Morgan fingerprint density at radius 2 is 1.00 bits per heavy atom. The van der Waals surface area contributed by atoms with Gasteiger partial charge < -0.3 is 21.0 Å². The number of piperidine rings is 2. The summed E-state index contributed by atoms with van der Waals surface area (Å²) < 4.78 is 52.8. The van der Waals surface area contributed by atoms with E-state index in [0.29, 0.717) is 11.4 Å². The van der Waals surface area contributed by atoms with Crippen LogP contribution >= 0.6 is 0 Å². The highest BCUT2D eigenvalue weighted by molar-refractivity contribution is 6.02. The van der Waals surface area contributed by atoms with Crippen LogP contribution in [0.15, 0.2) is 46.7 Å². The molecule has 184 valence electrons. The molecule has 0 bridgehead atoms. The molecule has 0 amide bonds. The van der Waals surface area contributed by atoms with E-state index < -0.39 is 23.3 Å². The van der Waals surface area contributed by atoms with E-state index in [1.54, 1.807) is 0 Å². The average Bonchev–Trinajstić information content (AvgIpc) is 2.84. The highest BCUT2D eigenvalue weighted by atomic mass is 19.1. The first kappa shape index (κ1) is 25.6.